The van der Waals surface area contributed by atoms with E-state index in [0.29, 0.717) is 10.0 Å². The van der Waals surface area contributed by atoms with Gasteiger partial charge in [0, 0.05) is 21.7 Å². The van der Waals surface area contributed by atoms with E-state index in [1.165, 1.54) is 0 Å². The predicted octanol–water partition coefficient (Wildman–Crippen LogP) is 4.27. The molecule has 0 fully saturated rings. The molecule has 0 aromatic heterocycles. The van der Waals surface area contributed by atoms with E-state index in [2.05, 4.69) is 15.9 Å². The molecule has 2 aromatic carbocycles. The lowest BCUT2D eigenvalue weighted by atomic mass is 10.0. The topological polar surface area (TPSA) is 17.1 Å². The maximum atomic E-state index is 13.1. The molecule has 18 heavy (non-hydrogen) atoms. The van der Waals surface area contributed by atoms with Crippen molar-refractivity contribution in [2.24, 2.45) is 0 Å². The maximum absolute atomic E-state index is 13.1. The first-order valence-electron chi connectivity index (χ1n) is 5.24. The summed E-state index contributed by atoms with van der Waals surface area (Å²) in [5, 5.41) is 0. The molecule has 0 saturated carbocycles. The molecule has 0 heterocycles. The Balaban J connectivity index is 2.51. The molecule has 2 rings (SSSR count). The highest BCUT2D eigenvalue weighted by molar-refractivity contribution is 9.10. The molecule has 0 aliphatic carbocycles. The standard InChI is InChI=1S/C14H9BrF2O/c1-8-2-3-13(15)12(4-8)14(18)9-5-10(16)7-11(17)6-9/h2-7H,1H3. The van der Waals surface area contributed by atoms with Crippen LogP contribution in [0.15, 0.2) is 40.9 Å². The van der Waals surface area contributed by atoms with Crippen molar-refractivity contribution in [3.05, 3.63) is 69.2 Å². The minimum atomic E-state index is -0.762. The molecular formula is C14H9BrF2O. The van der Waals surface area contributed by atoms with Crippen LogP contribution >= 0.6 is 15.9 Å². The highest BCUT2D eigenvalue weighted by atomic mass is 79.9. The van der Waals surface area contributed by atoms with Gasteiger partial charge in [-0.05, 0) is 31.2 Å². The fourth-order valence-electron chi connectivity index (χ4n) is 1.65. The summed E-state index contributed by atoms with van der Waals surface area (Å²) >= 11 is 3.26. The van der Waals surface area contributed by atoms with Crippen molar-refractivity contribution in [1.29, 1.82) is 0 Å². The van der Waals surface area contributed by atoms with Gasteiger partial charge in [-0.1, -0.05) is 27.6 Å². The van der Waals surface area contributed by atoms with Crippen LogP contribution in [0, 0.1) is 18.6 Å². The van der Waals surface area contributed by atoms with Crippen molar-refractivity contribution >= 4 is 21.7 Å². The third-order valence-electron chi connectivity index (χ3n) is 2.49. The molecule has 0 unspecified atom stereocenters. The quantitative estimate of drug-likeness (QED) is 0.757. The van der Waals surface area contributed by atoms with Crippen LogP contribution in [0.2, 0.25) is 0 Å². The van der Waals surface area contributed by atoms with E-state index < -0.39 is 17.4 Å². The van der Waals surface area contributed by atoms with Crippen LogP contribution < -0.4 is 0 Å². The van der Waals surface area contributed by atoms with Crippen LogP contribution in [0.3, 0.4) is 0 Å². The van der Waals surface area contributed by atoms with Crippen LogP contribution in [-0.4, -0.2) is 5.78 Å². The molecule has 0 bridgehead atoms. The van der Waals surface area contributed by atoms with Crippen molar-refractivity contribution in [3.8, 4) is 0 Å². The number of benzene rings is 2. The molecule has 0 spiro atoms. The predicted molar refractivity (Wildman–Crippen MR) is 68.7 cm³/mol. The maximum Gasteiger partial charge on any atom is 0.194 e. The SMILES string of the molecule is Cc1ccc(Br)c(C(=O)c2cc(F)cc(F)c2)c1. The molecule has 1 nitrogen and oxygen atoms in total. The Morgan fingerprint density at radius 1 is 1.06 bits per heavy atom. The van der Waals surface area contributed by atoms with E-state index in [1.54, 1.807) is 12.1 Å². The fraction of sp³-hybridized carbons (Fsp3) is 0.0714. The minimum Gasteiger partial charge on any atom is -0.289 e. The molecule has 92 valence electrons. The summed E-state index contributed by atoms with van der Waals surface area (Å²) in [4.78, 5) is 12.2. The minimum absolute atomic E-state index is 0.00111. The Morgan fingerprint density at radius 2 is 1.67 bits per heavy atom. The van der Waals surface area contributed by atoms with Crippen LogP contribution in [0.4, 0.5) is 8.78 Å². The van der Waals surface area contributed by atoms with Gasteiger partial charge in [-0.3, -0.25) is 4.79 Å². The van der Waals surface area contributed by atoms with Crippen molar-refractivity contribution in [2.75, 3.05) is 0 Å². The fourth-order valence-corrected chi connectivity index (χ4v) is 2.08. The second-order valence-corrected chi connectivity index (χ2v) is 4.82. The summed E-state index contributed by atoms with van der Waals surface area (Å²) in [6, 6.07) is 8.04. The van der Waals surface area contributed by atoms with E-state index >= 15 is 0 Å². The summed E-state index contributed by atoms with van der Waals surface area (Å²) in [5.74, 6) is -1.94. The number of hydrogen-bond acceptors (Lipinski definition) is 1. The lowest BCUT2D eigenvalue weighted by molar-refractivity contribution is 0.103. The molecule has 0 amide bonds. The second kappa shape index (κ2) is 4.98. The van der Waals surface area contributed by atoms with Crippen LogP contribution in [-0.2, 0) is 0 Å². The number of carbonyl (C=O) groups excluding carboxylic acids is 1. The van der Waals surface area contributed by atoms with Crippen LogP contribution in [0.25, 0.3) is 0 Å². The third-order valence-corrected chi connectivity index (χ3v) is 3.18. The molecule has 0 radical (unpaired) electrons. The molecule has 2 aromatic rings. The second-order valence-electron chi connectivity index (χ2n) is 3.97. The van der Waals surface area contributed by atoms with Crippen molar-refractivity contribution < 1.29 is 13.6 Å². The Morgan fingerprint density at radius 3 is 2.28 bits per heavy atom. The number of halogens is 3. The van der Waals surface area contributed by atoms with Crippen molar-refractivity contribution in [2.45, 2.75) is 6.92 Å². The molecule has 4 heteroatoms. The van der Waals surface area contributed by atoms with Crippen LogP contribution in [0.1, 0.15) is 21.5 Å². The van der Waals surface area contributed by atoms with Gasteiger partial charge in [-0.2, -0.15) is 0 Å². The summed E-state index contributed by atoms with van der Waals surface area (Å²) in [6.07, 6.45) is 0. The molecule has 0 aliphatic heterocycles. The lowest BCUT2D eigenvalue weighted by Gasteiger charge is -2.05. The zero-order valence-corrected chi connectivity index (χ0v) is 11.1. The smallest absolute Gasteiger partial charge is 0.194 e. The largest absolute Gasteiger partial charge is 0.289 e. The Labute approximate surface area is 112 Å². The number of hydrogen-bond donors (Lipinski definition) is 0. The van der Waals surface area contributed by atoms with Crippen molar-refractivity contribution in [3.63, 3.8) is 0 Å². The average Bonchev–Trinajstić information content (AvgIpc) is 2.30. The van der Waals surface area contributed by atoms with Gasteiger partial charge in [0.25, 0.3) is 0 Å². The number of aryl methyl sites for hydroxylation is 1. The van der Waals surface area contributed by atoms with E-state index in [1.807, 2.05) is 13.0 Å². The number of ketones is 1. The molecule has 0 N–H and O–H groups in total. The van der Waals surface area contributed by atoms with Gasteiger partial charge in [-0.25, -0.2) is 8.78 Å². The molecule has 0 saturated heterocycles. The van der Waals surface area contributed by atoms with Gasteiger partial charge in [-0.15, -0.1) is 0 Å². The van der Waals surface area contributed by atoms with Gasteiger partial charge in [0.15, 0.2) is 5.78 Å². The monoisotopic (exact) mass is 310 g/mol. The highest BCUT2D eigenvalue weighted by Gasteiger charge is 2.14. The summed E-state index contributed by atoms with van der Waals surface area (Å²) in [7, 11) is 0. The number of rotatable bonds is 2. The van der Waals surface area contributed by atoms with E-state index in [4.69, 9.17) is 0 Å². The molecule has 0 aliphatic rings. The summed E-state index contributed by atoms with van der Waals surface area (Å²) in [6.45, 7) is 1.84. The van der Waals surface area contributed by atoms with Gasteiger partial charge in [0.05, 0.1) is 0 Å². The summed E-state index contributed by atoms with van der Waals surface area (Å²) < 4.78 is 26.8. The zero-order chi connectivity index (χ0) is 13.3. The molecule has 0 atom stereocenters. The first-order chi connectivity index (χ1) is 8.47. The van der Waals surface area contributed by atoms with Gasteiger partial charge in [0.1, 0.15) is 11.6 Å². The Hall–Kier alpha value is -1.55. The van der Waals surface area contributed by atoms with Gasteiger partial charge in [0.2, 0.25) is 0 Å². The van der Waals surface area contributed by atoms with Crippen LogP contribution in [0.5, 0.6) is 0 Å². The Bertz CT molecular complexity index is 603. The average molecular weight is 311 g/mol. The first kappa shape index (κ1) is 12.9. The van der Waals surface area contributed by atoms with E-state index in [9.17, 15) is 13.6 Å². The highest BCUT2D eigenvalue weighted by Crippen LogP contribution is 2.22. The summed E-state index contributed by atoms with van der Waals surface area (Å²) in [5.41, 5.74) is 1.29. The first-order valence-corrected chi connectivity index (χ1v) is 6.03. The van der Waals surface area contributed by atoms with E-state index in [0.717, 1.165) is 23.8 Å². The lowest BCUT2D eigenvalue weighted by Crippen LogP contribution is -2.04. The zero-order valence-electron chi connectivity index (χ0n) is 9.51. The van der Waals surface area contributed by atoms with Crippen molar-refractivity contribution in [1.82, 2.24) is 0 Å². The normalized spacial score (nSPS) is 10.4. The molecular weight excluding hydrogens is 302 g/mol. The number of carbonyl (C=O) groups is 1. The van der Waals surface area contributed by atoms with Gasteiger partial charge < -0.3 is 0 Å². The van der Waals surface area contributed by atoms with E-state index in [-0.39, 0.29) is 5.56 Å². The third kappa shape index (κ3) is 2.64. The van der Waals surface area contributed by atoms with Gasteiger partial charge >= 0.3 is 0 Å². The Kier molecular flexibility index (Phi) is 3.57.